The van der Waals surface area contributed by atoms with Gasteiger partial charge in [0.05, 0.1) is 0 Å². The lowest BCUT2D eigenvalue weighted by atomic mass is 9.68. The maximum absolute atomic E-state index is 12.0. The molecule has 102 valence electrons. The zero-order chi connectivity index (χ0) is 13.9. The summed E-state index contributed by atoms with van der Waals surface area (Å²) in [7, 11) is 0. The fourth-order valence-electron chi connectivity index (χ4n) is 2.44. The van der Waals surface area contributed by atoms with Crippen LogP contribution in [0.1, 0.15) is 30.4 Å². The second-order valence-electron chi connectivity index (χ2n) is 5.17. The molecule has 0 saturated heterocycles. The van der Waals surface area contributed by atoms with E-state index >= 15 is 0 Å². The van der Waals surface area contributed by atoms with Crippen LogP contribution in [0.25, 0.3) is 0 Å². The minimum atomic E-state index is -1.16. The monoisotopic (exact) mass is 261 g/mol. The quantitative estimate of drug-likeness (QED) is 0.796. The summed E-state index contributed by atoms with van der Waals surface area (Å²) in [5, 5.41) is 11.9. The molecule has 1 fully saturated rings. The Morgan fingerprint density at radius 3 is 2.53 bits per heavy atom. The van der Waals surface area contributed by atoms with E-state index in [-0.39, 0.29) is 5.91 Å². The van der Waals surface area contributed by atoms with Crippen LogP contribution in [-0.2, 0) is 16.0 Å². The fraction of sp³-hybridized carbons (Fsp3) is 0.467. The number of rotatable bonds is 5. The Morgan fingerprint density at radius 2 is 2.00 bits per heavy atom. The lowest BCUT2D eigenvalue weighted by Gasteiger charge is -2.35. The lowest BCUT2D eigenvalue weighted by Crippen LogP contribution is -2.51. The van der Waals surface area contributed by atoms with E-state index in [0.29, 0.717) is 19.4 Å². The van der Waals surface area contributed by atoms with Crippen molar-refractivity contribution in [2.24, 2.45) is 5.41 Å². The summed E-state index contributed by atoms with van der Waals surface area (Å²) in [5.41, 5.74) is 1.21. The first-order valence-electron chi connectivity index (χ1n) is 6.62. The van der Waals surface area contributed by atoms with E-state index in [0.717, 1.165) is 12.8 Å². The number of aliphatic carboxylic acids is 1. The summed E-state index contributed by atoms with van der Waals surface area (Å²) < 4.78 is 0. The second kappa shape index (κ2) is 5.43. The molecule has 1 amide bonds. The molecule has 0 heterocycles. The lowest BCUT2D eigenvalue weighted by molar-refractivity contribution is -0.162. The number of carbonyl (C=O) groups is 2. The van der Waals surface area contributed by atoms with Crippen molar-refractivity contribution in [3.63, 3.8) is 0 Å². The maximum Gasteiger partial charge on any atom is 0.319 e. The van der Waals surface area contributed by atoms with Crippen LogP contribution in [-0.4, -0.2) is 23.5 Å². The smallest absolute Gasteiger partial charge is 0.319 e. The van der Waals surface area contributed by atoms with Gasteiger partial charge < -0.3 is 10.4 Å². The Balaban J connectivity index is 1.88. The van der Waals surface area contributed by atoms with E-state index in [4.69, 9.17) is 5.11 Å². The summed E-state index contributed by atoms with van der Waals surface area (Å²) in [6, 6.07) is 8.00. The number of carboxylic acid groups (broad SMARTS) is 1. The molecular formula is C15H19NO3. The molecule has 4 heteroatoms. The number of nitrogens with one attached hydrogen (secondary N) is 1. The third-order valence-electron chi connectivity index (χ3n) is 3.99. The first kappa shape index (κ1) is 13.6. The largest absolute Gasteiger partial charge is 0.480 e. The van der Waals surface area contributed by atoms with Gasteiger partial charge in [-0.05, 0) is 37.3 Å². The van der Waals surface area contributed by atoms with Crippen molar-refractivity contribution in [1.82, 2.24) is 5.32 Å². The summed E-state index contributed by atoms with van der Waals surface area (Å²) in [6.07, 6.45) is 2.46. The average Bonchev–Trinajstić information content (AvgIpc) is 2.29. The molecule has 0 bridgehead atoms. The van der Waals surface area contributed by atoms with Crippen LogP contribution >= 0.6 is 0 Å². The SMILES string of the molecule is Cc1ccccc1CCNC(=O)C1(C(=O)O)CCC1. The van der Waals surface area contributed by atoms with Crippen LogP contribution in [0.5, 0.6) is 0 Å². The van der Waals surface area contributed by atoms with Gasteiger partial charge in [-0.15, -0.1) is 0 Å². The molecule has 1 aromatic carbocycles. The van der Waals surface area contributed by atoms with E-state index in [1.807, 2.05) is 31.2 Å². The number of aryl methyl sites for hydroxylation is 1. The number of amides is 1. The van der Waals surface area contributed by atoms with Gasteiger partial charge in [0.25, 0.3) is 0 Å². The van der Waals surface area contributed by atoms with E-state index in [1.54, 1.807) is 0 Å². The zero-order valence-corrected chi connectivity index (χ0v) is 11.1. The average molecular weight is 261 g/mol. The van der Waals surface area contributed by atoms with Crippen LogP contribution in [0.2, 0.25) is 0 Å². The van der Waals surface area contributed by atoms with E-state index in [1.165, 1.54) is 11.1 Å². The summed E-state index contributed by atoms with van der Waals surface area (Å²) in [5.74, 6) is -1.33. The van der Waals surface area contributed by atoms with Crippen LogP contribution in [0, 0.1) is 12.3 Å². The second-order valence-corrected chi connectivity index (χ2v) is 5.17. The van der Waals surface area contributed by atoms with E-state index in [9.17, 15) is 9.59 Å². The minimum Gasteiger partial charge on any atom is -0.480 e. The molecule has 2 N–H and O–H groups in total. The highest BCUT2D eigenvalue weighted by Crippen LogP contribution is 2.41. The molecule has 2 rings (SSSR count). The molecule has 0 unspecified atom stereocenters. The highest BCUT2D eigenvalue weighted by atomic mass is 16.4. The van der Waals surface area contributed by atoms with E-state index in [2.05, 4.69) is 5.32 Å². The molecule has 1 aliphatic rings. The highest BCUT2D eigenvalue weighted by molar-refractivity contribution is 6.02. The number of carboxylic acids is 1. The Bertz CT molecular complexity index is 492. The predicted octanol–water partition coefficient (Wildman–Crippen LogP) is 1.91. The number of carbonyl (C=O) groups excluding carboxylic acids is 1. The van der Waals surface area contributed by atoms with Crippen LogP contribution in [0.3, 0.4) is 0 Å². The van der Waals surface area contributed by atoms with Gasteiger partial charge in [0, 0.05) is 6.54 Å². The maximum atomic E-state index is 12.0. The third-order valence-corrected chi connectivity index (χ3v) is 3.99. The molecule has 19 heavy (non-hydrogen) atoms. The van der Waals surface area contributed by atoms with Crippen molar-refractivity contribution < 1.29 is 14.7 Å². The van der Waals surface area contributed by atoms with Gasteiger partial charge in [-0.1, -0.05) is 30.7 Å². The van der Waals surface area contributed by atoms with Crippen molar-refractivity contribution >= 4 is 11.9 Å². The molecular weight excluding hydrogens is 242 g/mol. The fourth-order valence-corrected chi connectivity index (χ4v) is 2.44. The standard InChI is InChI=1S/C15H19NO3/c1-11-5-2-3-6-12(11)7-10-16-13(17)15(14(18)19)8-4-9-15/h2-3,5-6H,4,7-10H2,1H3,(H,16,17)(H,18,19). The first-order chi connectivity index (χ1) is 9.06. The van der Waals surface area contributed by atoms with Crippen molar-refractivity contribution in [1.29, 1.82) is 0 Å². The van der Waals surface area contributed by atoms with Gasteiger partial charge >= 0.3 is 5.97 Å². The van der Waals surface area contributed by atoms with Gasteiger partial charge in [0.2, 0.25) is 5.91 Å². The molecule has 1 aliphatic carbocycles. The Kier molecular flexibility index (Phi) is 3.88. The van der Waals surface area contributed by atoms with E-state index < -0.39 is 11.4 Å². The van der Waals surface area contributed by atoms with Gasteiger partial charge in [-0.25, -0.2) is 0 Å². The van der Waals surface area contributed by atoms with Crippen LogP contribution in [0.15, 0.2) is 24.3 Å². The number of benzene rings is 1. The molecule has 0 atom stereocenters. The summed E-state index contributed by atoms with van der Waals surface area (Å²) in [4.78, 5) is 23.1. The van der Waals surface area contributed by atoms with Crippen molar-refractivity contribution in [2.75, 3.05) is 6.54 Å². The summed E-state index contributed by atoms with van der Waals surface area (Å²) >= 11 is 0. The molecule has 0 aliphatic heterocycles. The third kappa shape index (κ3) is 2.62. The van der Waals surface area contributed by atoms with Gasteiger partial charge in [-0.3, -0.25) is 9.59 Å². The van der Waals surface area contributed by atoms with Crippen molar-refractivity contribution in [2.45, 2.75) is 32.6 Å². The molecule has 0 spiro atoms. The minimum absolute atomic E-state index is 0.333. The highest BCUT2D eigenvalue weighted by Gasteiger charge is 2.50. The molecule has 1 aromatic rings. The molecule has 4 nitrogen and oxygen atoms in total. The Hall–Kier alpha value is -1.84. The number of hydrogen-bond donors (Lipinski definition) is 2. The van der Waals surface area contributed by atoms with Crippen LogP contribution < -0.4 is 5.32 Å². The molecule has 0 aromatic heterocycles. The topological polar surface area (TPSA) is 66.4 Å². The van der Waals surface area contributed by atoms with Crippen LogP contribution in [0.4, 0.5) is 0 Å². The Morgan fingerprint density at radius 1 is 1.32 bits per heavy atom. The van der Waals surface area contributed by atoms with Gasteiger partial charge in [-0.2, -0.15) is 0 Å². The molecule has 0 radical (unpaired) electrons. The Labute approximate surface area is 112 Å². The first-order valence-corrected chi connectivity index (χ1v) is 6.62. The normalized spacial score (nSPS) is 16.5. The van der Waals surface area contributed by atoms with Gasteiger partial charge in [0.15, 0.2) is 0 Å². The predicted molar refractivity (Wildman–Crippen MR) is 71.8 cm³/mol. The van der Waals surface area contributed by atoms with Crippen molar-refractivity contribution in [3.8, 4) is 0 Å². The number of hydrogen-bond acceptors (Lipinski definition) is 2. The zero-order valence-electron chi connectivity index (χ0n) is 11.1. The summed E-state index contributed by atoms with van der Waals surface area (Å²) in [6.45, 7) is 2.51. The van der Waals surface area contributed by atoms with Crippen molar-refractivity contribution in [3.05, 3.63) is 35.4 Å². The molecule has 1 saturated carbocycles. The van der Waals surface area contributed by atoms with Gasteiger partial charge in [0.1, 0.15) is 5.41 Å².